The Labute approximate surface area is 176 Å². The van der Waals surface area contributed by atoms with Crippen LogP contribution in [0.5, 0.6) is 0 Å². The predicted molar refractivity (Wildman–Crippen MR) is 122 cm³/mol. The summed E-state index contributed by atoms with van der Waals surface area (Å²) < 4.78 is 14.6. The van der Waals surface area contributed by atoms with E-state index in [-0.39, 0.29) is 5.82 Å². The first-order chi connectivity index (χ1) is 14.1. The molecule has 146 valence electrons. The Bertz CT molecular complexity index is 1210. The molecule has 0 saturated heterocycles. The van der Waals surface area contributed by atoms with Gasteiger partial charge in [-0.1, -0.05) is 0 Å². The van der Waals surface area contributed by atoms with Crippen LogP contribution in [0.2, 0.25) is 0 Å². The third kappa shape index (κ3) is 4.03. The lowest BCUT2D eigenvalue weighted by Gasteiger charge is -2.05. The Hall–Kier alpha value is -3.10. The van der Waals surface area contributed by atoms with E-state index in [1.807, 2.05) is 24.4 Å². The van der Waals surface area contributed by atoms with Gasteiger partial charge in [0.25, 0.3) is 0 Å². The lowest BCUT2D eigenvalue weighted by atomic mass is 10.1. The minimum absolute atomic E-state index is 0.386. The summed E-state index contributed by atoms with van der Waals surface area (Å²) in [4.78, 5) is 22.4. The van der Waals surface area contributed by atoms with E-state index in [2.05, 4.69) is 39.8 Å². The van der Waals surface area contributed by atoms with Gasteiger partial charge in [-0.25, -0.2) is 19.4 Å². The van der Waals surface area contributed by atoms with Crippen molar-refractivity contribution in [3.05, 3.63) is 66.3 Å². The standard InChI is InChI=1S/C19H14FN5S2.C2H4/c1-10-17(27-19(24-10)11-6-12(20)9-23-8-11)16-13-4-5-26-15(13)7-14(25-16)18(21-2)22-3;1-2/h4-9H,2H2,1,3H3;1-2H2. The molecule has 0 spiro atoms. The van der Waals surface area contributed by atoms with Crippen LogP contribution in [0.4, 0.5) is 4.39 Å². The summed E-state index contributed by atoms with van der Waals surface area (Å²) in [5.74, 6) is 0.103. The van der Waals surface area contributed by atoms with Crippen molar-refractivity contribution in [1.82, 2.24) is 15.0 Å². The van der Waals surface area contributed by atoms with Crippen LogP contribution in [0.15, 0.2) is 59.1 Å². The van der Waals surface area contributed by atoms with Crippen molar-refractivity contribution in [3.63, 3.8) is 0 Å². The predicted octanol–water partition coefficient (Wildman–Crippen LogP) is 5.81. The summed E-state index contributed by atoms with van der Waals surface area (Å²) in [6.07, 6.45) is 2.79. The maximum atomic E-state index is 13.5. The Kier molecular flexibility index (Phi) is 6.36. The summed E-state index contributed by atoms with van der Waals surface area (Å²) in [5.41, 5.74) is 2.96. The molecule has 4 aromatic rings. The number of amidine groups is 1. The van der Waals surface area contributed by atoms with Crippen molar-refractivity contribution in [2.45, 2.75) is 6.92 Å². The van der Waals surface area contributed by atoms with Crippen LogP contribution in [0, 0.1) is 12.7 Å². The van der Waals surface area contributed by atoms with Gasteiger partial charge in [-0.2, -0.15) is 0 Å². The number of hydrogen-bond donors (Lipinski definition) is 0. The molecule has 0 aliphatic rings. The molecule has 4 aromatic heterocycles. The molecular formula is C21H18FN5S2. The van der Waals surface area contributed by atoms with E-state index in [9.17, 15) is 4.39 Å². The monoisotopic (exact) mass is 423 g/mol. The van der Waals surface area contributed by atoms with Gasteiger partial charge in [0.05, 0.1) is 22.5 Å². The minimum Gasteiger partial charge on any atom is -0.268 e. The number of nitrogens with zero attached hydrogens (tertiary/aromatic N) is 5. The minimum atomic E-state index is -0.386. The lowest BCUT2D eigenvalue weighted by Crippen LogP contribution is -2.01. The highest BCUT2D eigenvalue weighted by molar-refractivity contribution is 7.19. The van der Waals surface area contributed by atoms with Crippen LogP contribution in [-0.2, 0) is 0 Å². The number of rotatable bonds is 3. The number of aliphatic imine (C=N–C) groups is 2. The Morgan fingerprint density at radius 3 is 2.66 bits per heavy atom. The van der Waals surface area contributed by atoms with Crippen molar-refractivity contribution >= 4 is 45.3 Å². The topological polar surface area (TPSA) is 63.4 Å². The zero-order chi connectivity index (χ0) is 21.0. The number of thiophene rings is 1. The molecule has 0 aliphatic carbocycles. The van der Waals surface area contributed by atoms with Gasteiger partial charge in [-0.3, -0.25) is 9.98 Å². The molecule has 0 radical (unpaired) electrons. The molecule has 0 N–H and O–H groups in total. The number of fused-ring (bicyclic) bond motifs is 1. The van der Waals surface area contributed by atoms with E-state index >= 15 is 0 Å². The number of hydrogen-bond acceptors (Lipinski definition) is 6. The molecule has 0 aliphatic heterocycles. The maximum Gasteiger partial charge on any atom is 0.172 e. The first kappa shape index (κ1) is 20.6. The summed E-state index contributed by atoms with van der Waals surface area (Å²) in [6, 6.07) is 5.44. The van der Waals surface area contributed by atoms with E-state index in [4.69, 9.17) is 4.98 Å². The van der Waals surface area contributed by atoms with E-state index in [0.29, 0.717) is 22.1 Å². The molecule has 4 rings (SSSR count). The van der Waals surface area contributed by atoms with Gasteiger partial charge in [0.1, 0.15) is 16.5 Å². The second-order valence-electron chi connectivity index (χ2n) is 5.72. The van der Waals surface area contributed by atoms with Crippen molar-refractivity contribution in [3.8, 4) is 21.1 Å². The molecule has 4 heterocycles. The maximum absolute atomic E-state index is 13.5. The number of halogens is 1. The van der Waals surface area contributed by atoms with E-state index < -0.39 is 0 Å². The SMILES string of the molecule is C=C.C=NC(=NC)c1cc2sccc2c(-c2sc(-c3cncc(F)c3)nc2C)n1. The van der Waals surface area contributed by atoms with Gasteiger partial charge >= 0.3 is 0 Å². The van der Waals surface area contributed by atoms with Crippen LogP contribution in [0.1, 0.15) is 11.4 Å². The van der Waals surface area contributed by atoms with E-state index in [0.717, 1.165) is 26.4 Å². The molecular weight excluding hydrogens is 405 g/mol. The zero-order valence-electron chi connectivity index (χ0n) is 16.0. The van der Waals surface area contributed by atoms with Gasteiger partial charge in [-0.15, -0.1) is 35.8 Å². The molecule has 0 amide bonds. The summed E-state index contributed by atoms with van der Waals surface area (Å²) in [6.45, 7) is 11.5. The lowest BCUT2D eigenvalue weighted by molar-refractivity contribution is 0.622. The fourth-order valence-corrected chi connectivity index (χ4v) is 4.66. The number of pyridine rings is 2. The largest absolute Gasteiger partial charge is 0.268 e. The molecule has 0 atom stereocenters. The zero-order valence-corrected chi connectivity index (χ0v) is 17.6. The summed E-state index contributed by atoms with van der Waals surface area (Å²) >= 11 is 3.09. The fourth-order valence-electron chi connectivity index (χ4n) is 2.79. The van der Waals surface area contributed by atoms with Gasteiger partial charge in [0.15, 0.2) is 5.84 Å². The van der Waals surface area contributed by atoms with Crippen molar-refractivity contribution in [1.29, 1.82) is 0 Å². The highest BCUT2D eigenvalue weighted by Gasteiger charge is 2.18. The highest BCUT2D eigenvalue weighted by Crippen LogP contribution is 2.39. The molecule has 0 unspecified atom stereocenters. The van der Waals surface area contributed by atoms with Gasteiger partial charge in [0, 0.05) is 28.9 Å². The summed E-state index contributed by atoms with van der Waals surface area (Å²) in [7, 11) is 1.66. The Morgan fingerprint density at radius 2 is 1.97 bits per heavy atom. The average molecular weight is 424 g/mol. The third-order valence-corrected chi connectivity index (χ3v) is 6.08. The smallest absolute Gasteiger partial charge is 0.172 e. The molecule has 0 bridgehead atoms. The van der Waals surface area contributed by atoms with Crippen molar-refractivity contribution in [2.75, 3.05) is 7.05 Å². The van der Waals surface area contributed by atoms with E-state index in [1.54, 1.807) is 24.6 Å². The Balaban J connectivity index is 0.00000117. The first-order valence-corrected chi connectivity index (χ1v) is 10.2. The molecule has 0 saturated carbocycles. The highest BCUT2D eigenvalue weighted by atomic mass is 32.1. The van der Waals surface area contributed by atoms with Crippen LogP contribution < -0.4 is 0 Å². The second kappa shape index (κ2) is 8.93. The van der Waals surface area contributed by atoms with Crippen LogP contribution in [0.25, 0.3) is 31.2 Å². The van der Waals surface area contributed by atoms with Crippen LogP contribution in [0.3, 0.4) is 0 Å². The third-order valence-electron chi connectivity index (χ3n) is 4.00. The van der Waals surface area contributed by atoms with Crippen molar-refractivity contribution < 1.29 is 4.39 Å². The van der Waals surface area contributed by atoms with Gasteiger partial charge < -0.3 is 0 Å². The molecule has 0 fully saturated rings. The molecule has 5 nitrogen and oxygen atoms in total. The van der Waals surface area contributed by atoms with Crippen molar-refractivity contribution in [2.24, 2.45) is 9.98 Å². The second-order valence-corrected chi connectivity index (χ2v) is 7.67. The Morgan fingerprint density at radius 1 is 1.17 bits per heavy atom. The number of thiazole rings is 1. The average Bonchev–Trinajstić information content (AvgIpc) is 3.36. The summed E-state index contributed by atoms with van der Waals surface area (Å²) in [5, 5.41) is 3.77. The fraction of sp³-hybridized carbons (Fsp3) is 0.0952. The number of aromatic nitrogens is 3. The quantitative estimate of drug-likeness (QED) is 0.237. The van der Waals surface area contributed by atoms with Crippen LogP contribution in [-0.4, -0.2) is 34.6 Å². The van der Waals surface area contributed by atoms with E-state index in [1.165, 1.54) is 23.6 Å². The van der Waals surface area contributed by atoms with Crippen LogP contribution >= 0.6 is 22.7 Å². The number of aryl methyl sites for hydroxylation is 1. The first-order valence-electron chi connectivity index (χ1n) is 8.51. The van der Waals surface area contributed by atoms with Gasteiger partial charge in [0.2, 0.25) is 0 Å². The molecule has 0 aromatic carbocycles. The van der Waals surface area contributed by atoms with Gasteiger partial charge in [-0.05, 0) is 37.2 Å². The molecule has 29 heavy (non-hydrogen) atoms. The molecule has 8 heteroatoms. The normalized spacial score (nSPS) is 11.2.